The molecule has 4 aromatic rings. The number of nitrogens with one attached hydrogen (secondary N) is 1. The fourth-order valence-corrected chi connectivity index (χ4v) is 5.89. The summed E-state index contributed by atoms with van der Waals surface area (Å²) in [7, 11) is 5.11. The van der Waals surface area contributed by atoms with Crippen LogP contribution in [0.15, 0.2) is 54.6 Å². The lowest BCUT2D eigenvalue weighted by Crippen LogP contribution is -2.41. The molecule has 1 amide bonds. The van der Waals surface area contributed by atoms with E-state index in [1.165, 1.54) is 0 Å². The quantitative estimate of drug-likeness (QED) is 0.189. The summed E-state index contributed by atoms with van der Waals surface area (Å²) in [4.78, 5) is 27.4. The van der Waals surface area contributed by atoms with Crippen molar-refractivity contribution in [2.75, 3.05) is 47.6 Å². The molecule has 0 spiro atoms. The lowest BCUT2D eigenvalue weighted by atomic mass is 9.95. The highest BCUT2D eigenvalue weighted by Crippen LogP contribution is 2.35. The first kappa shape index (κ1) is 32.2. The zero-order valence-electron chi connectivity index (χ0n) is 26.9. The van der Waals surface area contributed by atoms with Gasteiger partial charge in [-0.3, -0.25) is 9.69 Å². The number of benzene rings is 3. The number of methoxy groups -OCH3 is 3. The number of imidazole rings is 1. The number of hydrogen-bond acceptors (Lipinski definition) is 6. The number of rotatable bonds is 14. The van der Waals surface area contributed by atoms with Crippen LogP contribution >= 0.6 is 0 Å². The summed E-state index contributed by atoms with van der Waals surface area (Å²) < 4.78 is 16.6. The molecule has 0 radical (unpaired) electrons. The minimum atomic E-state index is -0.462. The number of fused-ring (bicyclic) bond motifs is 1. The Kier molecular flexibility index (Phi) is 11.0. The first-order chi connectivity index (χ1) is 20.7. The summed E-state index contributed by atoms with van der Waals surface area (Å²) in [6.07, 6.45) is 0. The van der Waals surface area contributed by atoms with E-state index < -0.39 is 6.04 Å². The van der Waals surface area contributed by atoms with Crippen molar-refractivity contribution < 1.29 is 19.0 Å². The van der Waals surface area contributed by atoms with Crippen LogP contribution < -0.4 is 4.74 Å². The Balaban J connectivity index is 1.87. The SMILES string of the molecule is COCCN(CCOC)Cc1cc(C(c2nc3ccccc3[nH]2)N(C(=O)c2c(C)cc(C)cc2C)C(C)C)ccc1OC. The maximum Gasteiger partial charge on any atom is 0.255 e. The first-order valence-corrected chi connectivity index (χ1v) is 14.9. The number of aryl methyl sites for hydroxylation is 3. The zero-order valence-corrected chi connectivity index (χ0v) is 26.9. The van der Waals surface area contributed by atoms with Crippen molar-refractivity contribution in [2.24, 2.45) is 0 Å². The van der Waals surface area contributed by atoms with Crippen molar-refractivity contribution >= 4 is 16.9 Å². The van der Waals surface area contributed by atoms with Crippen LogP contribution in [0.3, 0.4) is 0 Å². The fourth-order valence-electron chi connectivity index (χ4n) is 5.89. The van der Waals surface area contributed by atoms with Crippen LogP contribution in [0.25, 0.3) is 11.0 Å². The smallest absolute Gasteiger partial charge is 0.255 e. The molecule has 1 aromatic heterocycles. The van der Waals surface area contributed by atoms with E-state index in [2.05, 4.69) is 48.9 Å². The molecule has 43 heavy (non-hydrogen) atoms. The molecule has 0 aliphatic rings. The second kappa shape index (κ2) is 14.6. The van der Waals surface area contributed by atoms with E-state index in [0.29, 0.717) is 19.8 Å². The Morgan fingerprint density at radius 2 is 1.56 bits per heavy atom. The van der Waals surface area contributed by atoms with Gasteiger partial charge in [0.05, 0.1) is 31.4 Å². The van der Waals surface area contributed by atoms with Gasteiger partial charge in [0, 0.05) is 51.0 Å². The van der Waals surface area contributed by atoms with Crippen molar-refractivity contribution in [1.29, 1.82) is 0 Å². The molecule has 0 saturated heterocycles. The number of H-pyrrole nitrogens is 1. The van der Waals surface area contributed by atoms with Crippen LogP contribution in [0.4, 0.5) is 0 Å². The van der Waals surface area contributed by atoms with E-state index in [4.69, 9.17) is 19.2 Å². The molecule has 1 heterocycles. The van der Waals surface area contributed by atoms with Crippen LogP contribution in [0.5, 0.6) is 5.75 Å². The third-order valence-electron chi connectivity index (χ3n) is 7.86. The first-order valence-electron chi connectivity index (χ1n) is 14.9. The lowest BCUT2D eigenvalue weighted by Gasteiger charge is -2.35. The highest BCUT2D eigenvalue weighted by molar-refractivity contribution is 5.98. The van der Waals surface area contributed by atoms with E-state index in [-0.39, 0.29) is 11.9 Å². The normalized spacial score (nSPS) is 12.3. The molecule has 8 heteroatoms. The highest BCUT2D eigenvalue weighted by Gasteiger charge is 2.34. The van der Waals surface area contributed by atoms with Gasteiger partial charge in [-0.2, -0.15) is 0 Å². The van der Waals surface area contributed by atoms with Gasteiger partial charge in [-0.1, -0.05) is 35.9 Å². The maximum absolute atomic E-state index is 14.6. The second-order valence-corrected chi connectivity index (χ2v) is 11.5. The molecule has 8 nitrogen and oxygen atoms in total. The molecule has 0 aliphatic heterocycles. The van der Waals surface area contributed by atoms with Gasteiger partial charge in [0.25, 0.3) is 5.91 Å². The van der Waals surface area contributed by atoms with Crippen LogP contribution in [0.2, 0.25) is 0 Å². The number of aromatic nitrogens is 2. The standard InChI is InChI=1S/C35H46N4O4/c1-23(2)39(35(40)32-25(4)19-24(3)20-26(32)5)33(34-36-29-11-9-10-12-30(29)37-34)27-13-14-31(43-8)28(21-27)22-38(15-17-41-6)16-18-42-7/h9-14,19-21,23,33H,15-18,22H2,1-8H3,(H,36,37). The Morgan fingerprint density at radius 1 is 0.907 bits per heavy atom. The van der Waals surface area contributed by atoms with Crippen molar-refractivity contribution in [2.45, 2.75) is 53.2 Å². The van der Waals surface area contributed by atoms with E-state index in [9.17, 15) is 4.79 Å². The molecule has 1 N–H and O–H groups in total. The van der Waals surface area contributed by atoms with E-state index in [1.807, 2.05) is 55.1 Å². The zero-order chi connectivity index (χ0) is 31.1. The van der Waals surface area contributed by atoms with Crippen molar-refractivity contribution in [3.8, 4) is 5.75 Å². The Morgan fingerprint density at radius 3 is 2.14 bits per heavy atom. The monoisotopic (exact) mass is 586 g/mol. The summed E-state index contributed by atoms with van der Waals surface area (Å²) >= 11 is 0. The van der Waals surface area contributed by atoms with Gasteiger partial charge >= 0.3 is 0 Å². The second-order valence-electron chi connectivity index (χ2n) is 11.5. The predicted molar refractivity (Wildman–Crippen MR) is 172 cm³/mol. The van der Waals surface area contributed by atoms with Gasteiger partial charge < -0.3 is 24.1 Å². The third-order valence-corrected chi connectivity index (χ3v) is 7.86. The average molecular weight is 587 g/mol. The largest absolute Gasteiger partial charge is 0.496 e. The number of para-hydroxylation sites is 2. The van der Waals surface area contributed by atoms with Crippen LogP contribution in [-0.4, -0.2) is 79.3 Å². The average Bonchev–Trinajstić information content (AvgIpc) is 3.40. The number of amides is 1. The number of aromatic amines is 1. The van der Waals surface area contributed by atoms with Crippen molar-refractivity contribution in [1.82, 2.24) is 19.8 Å². The fraction of sp³-hybridized carbons (Fsp3) is 0.429. The molecular weight excluding hydrogens is 540 g/mol. The number of hydrogen-bond donors (Lipinski definition) is 1. The maximum atomic E-state index is 14.6. The highest BCUT2D eigenvalue weighted by atomic mass is 16.5. The molecule has 1 atom stereocenters. The van der Waals surface area contributed by atoms with Gasteiger partial charge in [-0.25, -0.2) is 4.98 Å². The Labute approximate surface area is 256 Å². The minimum Gasteiger partial charge on any atom is -0.496 e. The Bertz CT molecular complexity index is 1470. The number of carbonyl (C=O) groups excluding carboxylic acids is 1. The number of nitrogens with zero attached hydrogens (tertiary/aromatic N) is 3. The molecule has 0 saturated carbocycles. The van der Waals surface area contributed by atoms with Gasteiger partial charge in [0.1, 0.15) is 17.6 Å². The van der Waals surface area contributed by atoms with Gasteiger partial charge in [0.15, 0.2) is 0 Å². The minimum absolute atomic E-state index is 0.0189. The summed E-state index contributed by atoms with van der Waals surface area (Å²) in [5.74, 6) is 1.49. The number of carbonyl (C=O) groups is 1. The van der Waals surface area contributed by atoms with Crippen molar-refractivity contribution in [3.05, 3.63) is 93.8 Å². The Hall–Kier alpha value is -3.72. The molecule has 3 aromatic carbocycles. The third kappa shape index (κ3) is 7.44. The summed E-state index contributed by atoms with van der Waals surface area (Å²) in [5, 5.41) is 0. The summed E-state index contributed by atoms with van der Waals surface area (Å²) in [6.45, 7) is 13.6. The van der Waals surface area contributed by atoms with Gasteiger partial charge in [-0.15, -0.1) is 0 Å². The topological polar surface area (TPSA) is 79.9 Å². The van der Waals surface area contributed by atoms with E-state index >= 15 is 0 Å². The molecule has 0 fully saturated rings. The molecular formula is C35H46N4O4. The van der Waals surface area contributed by atoms with Gasteiger partial charge in [0.2, 0.25) is 0 Å². The lowest BCUT2D eigenvalue weighted by molar-refractivity contribution is 0.0635. The summed E-state index contributed by atoms with van der Waals surface area (Å²) in [5.41, 5.74) is 7.59. The molecule has 1 unspecified atom stereocenters. The summed E-state index contributed by atoms with van der Waals surface area (Å²) in [6, 6.07) is 17.8. The van der Waals surface area contributed by atoms with E-state index in [1.54, 1.807) is 21.3 Å². The molecule has 0 aliphatic carbocycles. The predicted octanol–water partition coefficient (Wildman–Crippen LogP) is 6.23. The van der Waals surface area contributed by atoms with Crippen LogP contribution in [0, 0.1) is 20.8 Å². The molecule has 230 valence electrons. The molecule has 0 bridgehead atoms. The van der Waals surface area contributed by atoms with Gasteiger partial charge in [-0.05, 0) is 75.6 Å². The van der Waals surface area contributed by atoms with Crippen LogP contribution in [0.1, 0.15) is 63.9 Å². The number of ether oxygens (including phenoxy) is 3. The van der Waals surface area contributed by atoms with Crippen molar-refractivity contribution in [3.63, 3.8) is 0 Å². The molecule has 4 rings (SSSR count). The van der Waals surface area contributed by atoms with E-state index in [0.717, 1.165) is 69.1 Å². The van der Waals surface area contributed by atoms with Crippen LogP contribution in [-0.2, 0) is 16.0 Å².